The minimum atomic E-state index is -0.800. The fourth-order valence-corrected chi connectivity index (χ4v) is 4.87. The molecular weight excluding hydrogens is 410 g/mol. The zero-order valence-electron chi connectivity index (χ0n) is 19.7. The summed E-state index contributed by atoms with van der Waals surface area (Å²) in [5.74, 6) is -0.599. The van der Waals surface area contributed by atoms with Gasteiger partial charge in [-0.1, -0.05) is 65.3 Å². The van der Waals surface area contributed by atoms with Crippen molar-refractivity contribution >= 4 is 23.5 Å². The number of benzene rings is 1. The van der Waals surface area contributed by atoms with Crippen LogP contribution in [0.3, 0.4) is 0 Å². The van der Waals surface area contributed by atoms with Crippen LogP contribution in [0.4, 0.5) is 0 Å². The molecule has 0 aromatic heterocycles. The van der Waals surface area contributed by atoms with Crippen LogP contribution in [0.25, 0.3) is 0 Å². The molecule has 1 fully saturated rings. The van der Waals surface area contributed by atoms with Gasteiger partial charge in [0.15, 0.2) is 0 Å². The first kappa shape index (κ1) is 23.8. The molecule has 1 atom stereocenters. The van der Waals surface area contributed by atoms with Crippen LogP contribution >= 0.6 is 11.6 Å². The Morgan fingerprint density at radius 3 is 2.39 bits per heavy atom. The maximum absolute atomic E-state index is 13.1. The molecule has 4 nitrogen and oxygen atoms in total. The zero-order valence-corrected chi connectivity index (χ0v) is 20.5. The fraction of sp³-hybridized carbons (Fsp3) is 0.615. The van der Waals surface area contributed by atoms with Gasteiger partial charge < -0.3 is 10.0 Å². The Kier molecular flexibility index (Phi) is 6.36. The number of carboxylic acid groups (broad SMARTS) is 1. The SMILES string of the molecule is CC(C)C1=CN(CC2(C(=O)O)CC2)C(=O)C[C@]1(C)c1ccc(CCC(C)(C)C)c(Cl)c1. The van der Waals surface area contributed by atoms with E-state index in [0.717, 1.165) is 34.6 Å². The predicted molar refractivity (Wildman–Crippen MR) is 125 cm³/mol. The molecule has 0 bridgehead atoms. The van der Waals surface area contributed by atoms with Gasteiger partial charge in [0.05, 0.1) is 5.41 Å². The van der Waals surface area contributed by atoms with Crippen LogP contribution in [0.2, 0.25) is 5.02 Å². The van der Waals surface area contributed by atoms with E-state index in [9.17, 15) is 14.7 Å². The van der Waals surface area contributed by atoms with Crippen molar-refractivity contribution < 1.29 is 14.7 Å². The Balaban J connectivity index is 1.91. The highest BCUT2D eigenvalue weighted by atomic mass is 35.5. The normalized spacial score (nSPS) is 23.2. The van der Waals surface area contributed by atoms with Crippen molar-refractivity contribution in [1.82, 2.24) is 4.90 Å². The number of carbonyl (C=O) groups excluding carboxylic acids is 1. The Hall–Kier alpha value is -1.81. The van der Waals surface area contributed by atoms with Crippen molar-refractivity contribution in [2.45, 2.75) is 79.1 Å². The number of rotatable bonds is 7. The quantitative estimate of drug-likeness (QED) is 0.542. The monoisotopic (exact) mass is 445 g/mol. The van der Waals surface area contributed by atoms with Crippen LogP contribution in [-0.4, -0.2) is 28.4 Å². The van der Waals surface area contributed by atoms with Gasteiger partial charge in [-0.15, -0.1) is 0 Å². The molecule has 5 heteroatoms. The molecule has 2 aliphatic rings. The van der Waals surface area contributed by atoms with Crippen LogP contribution in [0, 0.1) is 16.7 Å². The fourth-order valence-electron chi connectivity index (χ4n) is 4.60. The second-order valence-electron chi connectivity index (χ2n) is 11.2. The number of aliphatic carboxylic acids is 1. The van der Waals surface area contributed by atoms with E-state index < -0.39 is 16.8 Å². The summed E-state index contributed by atoms with van der Waals surface area (Å²) in [7, 11) is 0. The van der Waals surface area contributed by atoms with Crippen LogP contribution in [0.1, 0.15) is 78.4 Å². The molecule has 1 N–H and O–H groups in total. The first-order chi connectivity index (χ1) is 14.3. The first-order valence-corrected chi connectivity index (χ1v) is 11.7. The van der Waals surface area contributed by atoms with Crippen LogP contribution in [0.15, 0.2) is 30.0 Å². The molecule has 1 aliphatic carbocycles. The summed E-state index contributed by atoms with van der Waals surface area (Å²) in [5, 5.41) is 10.3. The molecule has 0 unspecified atom stereocenters. The van der Waals surface area contributed by atoms with Gasteiger partial charge >= 0.3 is 5.97 Å². The maximum atomic E-state index is 13.1. The lowest BCUT2D eigenvalue weighted by atomic mass is 9.68. The summed E-state index contributed by atoms with van der Waals surface area (Å²) in [6, 6.07) is 6.24. The summed E-state index contributed by atoms with van der Waals surface area (Å²) in [4.78, 5) is 26.4. The van der Waals surface area contributed by atoms with Crippen molar-refractivity contribution in [1.29, 1.82) is 0 Å². The largest absolute Gasteiger partial charge is 0.481 e. The van der Waals surface area contributed by atoms with E-state index in [0.29, 0.717) is 19.3 Å². The molecule has 1 aliphatic heterocycles. The van der Waals surface area contributed by atoms with Crippen LogP contribution in [-0.2, 0) is 21.4 Å². The van der Waals surface area contributed by atoms with E-state index in [1.807, 2.05) is 12.3 Å². The number of nitrogens with zero attached hydrogens (tertiary/aromatic N) is 1. The van der Waals surface area contributed by atoms with Gasteiger partial charge in [-0.2, -0.15) is 0 Å². The minimum Gasteiger partial charge on any atom is -0.481 e. The molecule has 170 valence electrons. The van der Waals surface area contributed by atoms with E-state index in [4.69, 9.17) is 11.6 Å². The number of carbonyl (C=O) groups is 2. The molecule has 31 heavy (non-hydrogen) atoms. The number of allylic oxidation sites excluding steroid dienone is 1. The predicted octanol–water partition coefficient (Wildman–Crippen LogP) is 6.21. The molecule has 0 radical (unpaired) electrons. The smallest absolute Gasteiger partial charge is 0.311 e. The van der Waals surface area contributed by atoms with Gasteiger partial charge in [-0.3, -0.25) is 9.59 Å². The lowest BCUT2D eigenvalue weighted by Gasteiger charge is -2.42. The summed E-state index contributed by atoms with van der Waals surface area (Å²) in [5.41, 5.74) is 2.36. The molecule has 3 rings (SSSR count). The molecule has 1 heterocycles. The van der Waals surface area contributed by atoms with Gasteiger partial charge in [-0.25, -0.2) is 0 Å². The Morgan fingerprint density at radius 2 is 1.90 bits per heavy atom. The minimum absolute atomic E-state index is 0.0210. The third kappa shape index (κ3) is 5.00. The second kappa shape index (κ2) is 8.27. The van der Waals surface area contributed by atoms with E-state index in [1.165, 1.54) is 0 Å². The van der Waals surface area contributed by atoms with E-state index in [1.54, 1.807) is 4.90 Å². The zero-order chi connectivity index (χ0) is 23.2. The standard InChI is InChI=1S/C26H36ClNO3/c1-17(2)20-15-28(16-26(11-12-26)23(30)31)22(29)14-25(20,6)19-8-7-18(21(27)13-19)9-10-24(3,4)5/h7-8,13,15,17H,9-12,14,16H2,1-6H3,(H,30,31)/t25-/m1/s1. The number of carboxylic acids is 1. The van der Waals surface area contributed by atoms with Crippen molar-refractivity contribution in [3.8, 4) is 0 Å². The number of aryl methyl sites for hydroxylation is 1. The summed E-state index contributed by atoms with van der Waals surface area (Å²) < 4.78 is 0. The lowest BCUT2D eigenvalue weighted by molar-refractivity contribution is -0.145. The second-order valence-corrected chi connectivity index (χ2v) is 11.6. The summed E-state index contributed by atoms with van der Waals surface area (Å²) in [6.45, 7) is 13.3. The summed E-state index contributed by atoms with van der Waals surface area (Å²) in [6.07, 6.45) is 5.50. The molecule has 0 saturated heterocycles. The first-order valence-electron chi connectivity index (χ1n) is 11.3. The molecule has 1 aromatic rings. The highest BCUT2D eigenvalue weighted by molar-refractivity contribution is 6.31. The van der Waals surface area contributed by atoms with Gasteiger partial charge in [0.2, 0.25) is 5.91 Å². The Bertz CT molecular complexity index is 908. The van der Waals surface area contributed by atoms with Gasteiger partial charge in [0, 0.05) is 29.6 Å². The Morgan fingerprint density at radius 1 is 1.26 bits per heavy atom. The number of hydrogen-bond acceptors (Lipinski definition) is 2. The highest BCUT2D eigenvalue weighted by Gasteiger charge is 2.53. The van der Waals surface area contributed by atoms with E-state index >= 15 is 0 Å². The Labute approximate surface area is 191 Å². The number of hydrogen-bond donors (Lipinski definition) is 1. The van der Waals surface area contributed by atoms with Gasteiger partial charge in [-0.05, 0) is 59.8 Å². The van der Waals surface area contributed by atoms with Gasteiger partial charge in [0.25, 0.3) is 0 Å². The van der Waals surface area contributed by atoms with E-state index in [-0.39, 0.29) is 23.8 Å². The topological polar surface area (TPSA) is 57.6 Å². The highest BCUT2D eigenvalue weighted by Crippen LogP contribution is 2.49. The van der Waals surface area contributed by atoms with Crippen molar-refractivity contribution in [3.05, 3.63) is 46.1 Å². The van der Waals surface area contributed by atoms with E-state index in [2.05, 4.69) is 53.7 Å². The molecule has 0 spiro atoms. The third-order valence-electron chi connectivity index (χ3n) is 6.99. The average molecular weight is 446 g/mol. The van der Waals surface area contributed by atoms with Crippen LogP contribution in [0.5, 0.6) is 0 Å². The number of halogens is 1. The molecule has 1 aromatic carbocycles. The van der Waals surface area contributed by atoms with Crippen LogP contribution < -0.4 is 0 Å². The molecule has 1 saturated carbocycles. The molecule has 1 amide bonds. The number of amides is 1. The van der Waals surface area contributed by atoms with Gasteiger partial charge in [0.1, 0.15) is 0 Å². The van der Waals surface area contributed by atoms with Crippen molar-refractivity contribution in [2.24, 2.45) is 16.7 Å². The average Bonchev–Trinajstić information content (AvgIpc) is 3.43. The lowest BCUT2D eigenvalue weighted by Crippen LogP contribution is -2.45. The van der Waals surface area contributed by atoms with Crippen molar-refractivity contribution in [2.75, 3.05) is 6.54 Å². The van der Waals surface area contributed by atoms with Crippen molar-refractivity contribution in [3.63, 3.8) is 0 Å². The maximum Gasteiger partial charge on any atom is 0.311 e. The third-order valence-corrected chi connectivity index (χ3v) is 7.35. The molecular formula is C26H36ClNO3. The summed E-state index contributed by atoms with van der Waals surface area (Å²) >= 11 is 6.68.